The molecule has 0 aliphatic heterocycles. The molecule has 0 spiro atoms. The second-order valence-corrected chi connectivity index (χ2v) is 15.7. The number of esters is 1. The molecule has 0 bridgehead atoms. The Labute approximate surface area is 294 Å². The van der Waals surface area contributed by atoms with Gasteiger partial charge in [0, 0.05) is 6.42 Å². The highest BCUT2D eigenvalue weighted by molar-refractivity contribution is 7.96. The summed E-state index contributed by atoms with van der Waals surface area (Å²) in [6, 6.07) is 59.5. The highest BCUT2D eigenvalue weighted by atomic mass is 35.5. The molecular formula is C43H39ClO4P+. The van der Waals surface area contributed by atoms with Crippen molar-refractivity contribution in [1.82, 2.24) is 0 Å². The van der Waals surface area contributed by atoms with Crippen molar-refractivity contribution in [2.45, 2.75) is 30.4 Å². The molecule has 6 heteroatoms. The van der Waals surface area contributed by atoms with E-state index in [-0.39, 0.29) is 0 Å². The third kappa shape index (κ3) is 7.95. The first kappa shape index (κ1) is 34.1. The SMILES string of the molecule is COC(=O)C(Cl)C(c1cccc(CC(OCc2ccccc2)Oc2ccccc2)c1)[P+](c1ccccc1)(c1ccccc1)c1ccccc1. The van der Waals surface area contributed by atoms with Crippen LogP contribution in [0.25, 0.3) is 0 Å². The van der Waals surface area contributed by atoms with Crippen LogP contribution in [0.4, 0.5) is 0 Å². The maximum absolute atomic E-state index is 13.6. The van der Waals surface area contributed by atoms with Crippen LogP contribution >= 0.6 is 18.9 Å². The lowest BCUT2D eigenvalue weighted by Crippen LogP contribution is -2.40. The molecule has 0 heterocycles. The lowest BCUT2D eigenvalue weighted by atomic mass is 10.0. The standard InChI is InChI=1S/C43H39ClO4P/c1-46-43(45)41(44)42(49(37-24-11-4-12-25-37,38-26-13-5-14-27-38)39-28-15-6-16-29-39)35-21-17-20-34(30-35)31-40(48-36-22-9-3-10-23-36)47-32-33-18-7-2-8-19-33/h2-30,40-42H,31-32H2,1H3/q+1. The smallest absolute Gasteiger partial charge is 0.328 e. The number of rotatable bonds is 14. The minimum absolute atomic E-state index is 0.400. The molecule has 3 unspecified atom stereocenters. The summed E-state index contributed by atoms with van der Waals surface area (Å²) in [7, 11) is -1.27. The van der Waals surface area contributed by atoms with Gasteiger partial charge in [0.25, 0.3) is 0 Å². The maximum Gasteiger partial charge on any atom is 0.328 e. The first-order chi connectivity index (χ1) is 24.1. The molecule has 0 saturated heterocycles. The van der Waals surface area contributed by atoms with Crippen molar-refractivity contribution in [3.05, 3.63) is 193 Å². The van der Waals surface area contributed by atoms with Gasteiger partial charge in [-0.25, -0.2) is 0 Å². The topological polar surface area (TPSA) is 44.8 Å². The average molecular weight is 686 g/mol. The van der Waals surface area contributed by atoms with Gasteiger partial charge in [-0.2, -0.15) is 0 Å². The van der Waals surface area contributed by atoms with Gasteiger partial charge in [0.1, 0.15) is 34.6 Å². The summed E-state index contributed by atoms with van der Waals surface area (Å²) in [6.07, 6.45) is -0.0957. The van der Waals surface area contributed by atoms with Crippen LogP contribution in [0.3, 0.4) is 0 Å². The molecule has 6 rings (SSSR count). The largest absolute Gasteiger partial charge is 0.468 e. The molecule has 49 heavy (non-hydrogen) atoms. The van der Waals surface area contributed by atoms with E-state index in [2.05, 4.69) is 91.0 Å². The van der Waals surface area contributed by atoms with Crippen LogP contribution in [-0.2, 0) is 27.3 Å². The Hall–Kier alpha value is -4.73. The lowest BCUT2D eigenvalue weighted by molar-refractivity contribution is -0.140. The molecule has 4 nitrogen and oxygen atoms in total. The number of para-hydroxylation sites is 1. The monoisotopic (exact) mass is 685 g/mol. The van der Waals surface area contributed by atoms with Crippen LogP contribution in [0.1, 0.15) is 22.3 Å². The summed E-state index contributed by atoms with van der Waals surface area (Å²) >= 11 is 7.35. The van der Waals surface area contributed by atoms with E-state index in [0.29, 0.717) is 13.0 Å². The first-order valence-corrected chi connectivity index (χ1v) is 18.6. The van der Waals surface area contributed by atoms with Gasteiger partial charge in [-0.3, -0.25) is 4.79 Å². The van der Waals surface area contributed by atoms with E-state index in [9.17, 15) is 4.79 Å². The quantitative estimate of drug-likeness (QED) is 0.0498. The number of carbonyl (C=O) groups excluding carboxylic acids is 1. The van der Waals surface area contributed by atoms with E-state index in [4.69, 9.17) is 25.8 Å². The van der Waals surface area contributed by atoms with Gasteiger partial charge in [0.2, 0.25) is 6.29 Å². The molecule has 0 aliphatic rings. The van der Waals surface area contributed by atoms with E-state index in [1.165, 1.54) is 7.11 Å². The average Bonchev–Trinajstić information content (AvgIpc) is 3.17. The maximum atomic E-state index is 13.6. The van der Waals surface area contributed by atoms with Gasteiger partial charge in [0.05, 0.1) is 13.7 Å². The molecule has 0 amide bonds. The van der Waals surface area contributed by atoms with Gasteiger partial charge in [-0.1, -0.05) is 127 Å². The normalized spacial score (nSPS) is 13.2. The third-order valence-electron chi connectivity index (χ3n) is 8.60. The Morgan fingerprint density at radius 3 is 1.59 bits per heavy atom. The van der Waals surface area contributed by atoms with Crippen molar-refractivity contribution < 1.29 is 19.0 Å². The van der Waals surface area contributed by atoms with Crippen molar-refractivity contribution in [3.63, 3.8) is 0 Å². The number of alkyl halides is 1. The Morgan fingerprint density at radius 1 is 0.612 bits per heavy atom. The molecule has 6 aromatic rings. The first-order valence-electron chi connectivity index (χ1n) is 16.3. The summed E-state index contributed by atoms with van der Waals surface area (Å²) in [5.74, 6) is 0.254. The van der Waals surface area contributed by atoms with E-state index in [0.717, 1.165) is 38.4 Å². The minimum atomic E-state index is -2.67. The van der Waals surface area contributed by atoms with Crippen molar-refractivity contribution in [3.8, 4) is 5.75 Å². The fourth-order valence-corrected chi connectivity index (χ4v) is 12.0. The number of hydrogen-bond acceptors (Lipinski definition) is 4. The zero-order valence-corrected chi connectivity index (χ0v) is 29.0. The van der Waals surface area contributed by atoms with Gasteiger partial charge in [-0.05, 0) is 65.2 Å². The molecule has 0 aromatic heterocycles. The second kappa shape index (κ2) is 16.6. The fraction of sp³-hybridized carbons (Fsp3) is 0.140. The lowest BCUT2D eigenvalue weighted by Gasteiger charge is -2.36. The third-order valence-corrected chi connectivity index (χ3v) is 14.0. The summed E-state index contributed by atoms with van der Waals surface area (Å²) in [5, 5.41) is 2.37. The van der Waals surface area contributed by atoms with E-state index < -0.39 is 30.6 Å². The van der Waals surface area contributed by atoms with Crippen molar-refractivity contribution in [2.75, 3.05) is 7.11 Å². The Morgan fingerprint density at radius 2 is 1.08 bits per heavy atom. The summed E-state index contributed by atoms with van der Waals surface area (Å²) in [5.41, 5.74) is 2.53. The van der Waals surface area contributed by atoms with E-state index in [1.54, 1.807) is 0 Å². The van der Waals surface area contributed by atoms with E-state index >= 15 is 0 Å². The Kier molecular flexibility index (Phi) is 11.6. The van der Waals surface area contributed by atoms with Crippen LogP contribution in [0.2, 0.25) is 0 Å². The van der Waals surface area contributed by atoms with E-state index in [1.807, 2.05) is 84.9 Å². The molecule has 246 valence electrons. The molecule has 0 radical (unpaired) electrons. The number of hydrogen-bond donors (Lipinski definition) is 0. The van der Waals surface area contributed by atoms with Crippen LogP contribution < -0.4 is 20.7 Å². The summed E-state index contributed by atoms with van der Waals surface area (Å²) in [4.78, 5) is 13.6. The van der Waals surface area contributed by atoms with Gasteiger partial charge < -0.3 is 14.2 Å². The Bertz CT molecular complexity index is 1790. The molecule has 0 aliphatic carbocycles. The molecule has 0 saturated carbocycles. The molecule has 0 fully saturated rings. The van der Waals surface area contributed by atoms with Crippen LogP contribution in [0.5, 0.6) is 5.75 Å². The van der Waals surface area contributed by atoms with Crippen LogP contribution in [0.15, 0.2) is 176 Å². The number of carbonyl (C=O) groups is 1. The number of benzene rings is 6. The highest BCUT2D eigenvalue weighted by Gasteiger charge is 2.57. The number of ether oxygens (including phenoxy) is 3. The van der Waals surface area contributed by atoms with Crippen LogP contribution in [-0.4, -0.2) is 24.7 Å². The predicted molar refractivity (Wildman–Crippen MR) is 202 cm³/mol. The molecule has 6 aromatic carbocycles. The zero-order chi connectivity index (χ0) is 33.9. The van der Waals surface area contributed by atoms with Crippen molar-refractivity contribution >= 4 is 40.7 Å². The molecule has 3 atom stereocenters. The second-order valence-electron chi connectivity index (χ2n) is 11.7. The molecule has 0 N–H and O–H groups in total. The van der Waals surface area contributed by atoms with Gasteiger partial charge >= 0.3 is 5.97 Å². The summed E-state index contributed by atoms with van der Waals surface area (Å²) < 4.78 is 18.2. The minimum Gasteiger partial charge on any atom is -0.468 e. The zero-order valence-electron chi connectivity index (χ0n) is 27.3. The summed E-state index contributed by atoms with van der Waals surface area (Å²) in [6.45, 7) is 0.400. The fourth-order valence-electron chi connectivity index (χ4n) is 6.39. The van der Waals surface area contributed by atoms with Crippen LogP contribution in [0, 0.1) is 0 Å². The highest BCUT2D eigenvalue weighted by Crippen LogP contribution is 2.68. The van der Waals surface area contributed by atoms with Gasteiger partial charge in [0.15, 0.2) is 5.38 Å². The number of methoxy groups -OCH3 is 1. The Balaban J connectivity index is 1.48. The molecular weight excluding hydrogens is 647 g/mol. The van der Waals surface area contributed by atoms with Crippen molar-refractivity contribution in [2.24, 2.45) is 0 Å². The predicted octanol–water partition coefficient (Wildman–Crippen LogP) is 8.67. The van der Waals surface area contributed by atoms with Gasteiger partial charge in [-0.15, -0.1) is 11.6 Å². The number of halogens is 1. The van der Waals surface area contributed by atoms with Crippen molar-refractivity contribution in [1.29, 1.82) is 0 Å².